The van der Waals surface area contributed by atoms with Crippen LogP contribution < -0.4 is 4.74 Å². The number of phenols is 1. The third-order valence-electron chi connectivity index (χ3n) is 5.39. The van der Waals surface area contributed by atoms with Crippen LogP contribution in [0, 0.1) is 5.41 Å². The van der Waals surface area contributed by atoms with Crippen molar-refractivity contribution >= 4 is 11.9 Å². The molecule has 0 saturated carbocycles. The van der Waals surface area contributed by atoms with Gasteiger partial charge in [0.1, 0.15) is 23.5 Å². The first-order valence-electron chi connectivity index (χ1n) is 8.50. The van der Waals surface area contributed by atoms with Crippen LogP contribution in [0.5, 0.6) is 11.5 Å². The lowest BCUT2D eigenvalue weighted by Crippen LogP contribution is -2.46. The monoisotopic (exact) mass is 353 g/mol. The first-order chi connectivity index (χ1) is 12.5. The number of carbonyl (C=O) groups is 2. The van der Waals surface area contributed by atoms with Gasteiger partial charge in [-0.2, -0.15) is 0 Å². The second kappa shape index (κ2) is 6.05. The molecule has 0 bridgehead atoms. The molecule has 2 aromatic carbocycles. The molecule has 1 amide bonds. The van der Waals surface area contributed by atoms with Gasteiger partial charge in [0.2, 0.25) is 5.91 Å². The lowest BCUT2D eigenvalue weighted by molar-refractivity contribution is -0.152. The predicted octanol–water partition coefficient (Wildman–Crippen LogP) is 2.02. The van der Waals surface area contributed by atoms with Crippen molar-refractivity contribution in [1.82, 2.24) is 4.90 Å². The van der Waals surface area contributed by atoms with Gasteiger partial charge in [0, 0.05) is 24.6 Å². The molecule has 0 aliphatic carbocycles. The minimum absolute atomic E-state index is 0.0625. The molecule has 2 atom stereocenters. The minimum Gasteiger partial charge on any atom is -0.508 e. The fourth-order valence-electron chi connectivity index (χ4n) is 3.93. The van der Waals surface area contributed by atoms with Crippen molar-refractivity contribution < 1.29 is 24.5 Å². The quantitative estimate of drug-likeness (QED) is 0.882. The lowest BCUT2D eigenvalue weighted by Gasteiger charge is -2.35. The largest absolute Gasteiger partial charge is 0.508 e. The number of rotatable bonds is 3. The van der Waals surface area contributed by atoms with Gasteiger partial charge in [-0.05, 0) is 23.8 Å². The van der Waals surface area contributed by atoms with E-state index in [2.05, 4.69) is 0 Å². The predicted molar refractivity (Wildman–Crippen MR) is 93.1 cm³/mol. The van der Waals surface area contributed by atoms with E-state index in [0.717, 1.165) is 11.1 Å². The highest BCUT2D eigenvalue weighted by Gasteiger charge is 2.57. The van der Waals surface area contributed by atoms with Crippen molar-refractivity contribution in [2.75, 3.05) is 19.7 Å². The number of para-hydroxylation sites is 1. The number of nitrogens with zero attached hydrogens (tertiary/aromatic N) is 1. The van der Waals surface area contributed by atoms with Gasteiger partial charge in [0.15, 0.2) is 0 Å². The Morgan fingerprint density at radius 3 is 2.62 bits per heavy atom. The summed E-state index contributed by atoms with van der Waals surface area (Å²) in [5, 5.41) is 19.3. The van der Waals surface area contributed by atoms with Crippen LogP contribution in [0.2, 0.25) is 0 Å². The van der Waals surface area contributed by atoms with Gasteiger partial charge in [0.25, 0.3) is 0 Å². The molecule has 2 heterocycles. The maximum Gasteiger partial charge on any atom is 0.315 e. The number of amides is 1. The molecule has 1 saturated heterocycles. The standard InChI is InChI=1S/C20H19NO5/c22-14-7-5-13(6-8-14)9-18(23)21-10-16-15-3-1-2-4-17(15)26-12-20(16,11-21)19(24)25/h1-8,16,22H,9-12H2,(H,24,25)/t16-,20-/m1/s1. The summed E-state index contributed by atoms with van der Waals surface area (Å²) >= 11 is 0. The number of hydrogen-bond donors (Lipinski definition) is 2. The SMILES string of the molecule is O=C(Cc1ccc(O)cc1)N1C[C@@H]2c3ccccc3OC[C@]2(C(=O)O)C1. The molecule has 0 aromatic heterocycles. The summed E-state index contributed by atoms with van der Waals surface area (Å²) in [5.74, 6) is -0.497. The number of aliphatic carboxylic acids is 1. The Bertz CT molecular complexity index is 863. The Morgan fingerprint density at radius 2 is 1.88 bits per heavy atom. The first-order valence-corrected chi connectivity index (χ1v) is 8.50. The summed E-state index contributed by atoms with van der Waals surface area (Å²) in [6.45, 7) is 0.564. The molecule has 0 spiro atoms. The molecule has 2 aliphatic heterocycles. The van der Waals surface area contributed by atoms with Gasteiger partial charge in [0.05, 0.1) is 6.42 Å². The number of carboxylic acids is 1. The van der Waals surface area contributed by atoms with E-state index in [1.54, 1.807) is 17.0 Å². The molecular formula is C20H19NO5. The third-order valence-corrected chi connectivity index (χ3v) is 5.39. The van der Waals surface area contributed by atoms with E-state index in [0.29, 0.717) is 12.3 Å². The molecule has 6 heteroatoms. The van der Waals surface area contributed by atoms with Gasteiger partial charge >= 0.3 is 5.97 Å². The molecule has 0 radical (unpaired) electrons. The number of likely N-dealkylation sites (tertiary alicyclic amines) is 1. The van der Waals surface area contributed by atoms with Gasteiger partial charge < -0.3 is 19.8 Å². The van der Waals surface area contributed by atoms with Crippen molar-refractivity contribution in [1.29, 1.82) is 0 Å². The zero-order valence-electron chi connectivity index (χ0n) is 14.1. The van der Waals surface area contributed by atoms with E-state index in [-0.39, 0.29) is 37.1 Å². The van der Waals surface area contributed by atoms with Crippen LogP contribution in [0.1, 0.15) is 17.0 Å². The average Bonchev–Trinajstić information content (AvgIpc) is 3.05. The molecule has 2 N–H and O–H groups in total. The smallest absolute Gasteiger partial charge is 0.315 e. The Hall–Kier alpha value is -3.02. The van der Waals surface area contributed by atoms with E-state index < -0.39 is 11.4 Å². The number of fused-ring (bicyclic) bond motifs is 3. The van der Waals surface area contributed by atoms with Crippen LogP contribution in [-0.2, 0) is 16.0 Å². The van der Waals surface area contributed by atoms with E-state index in [1.807, 2.05) is 24.3 Å². The highest BCUT2D eigenvalue weighted by atomic mass is 16.5. The van der Waals surface area contributed by atoms with Crippen molar-refractivity contribution in [2.45, 2.75) is 12.3 Å². The van der Waals surface area contributed by atoms with Crippen LogP contribution in [-0.4, -0.2) is 46.7 Å². The maximum absolute atomic E-state index is 12.7. The summed E-state index contributed by atoms with van der Waals surface area (Å²) in [5.41, 5.74) is 0.517. The minimum atomic E-state index is -1.11. The molecule has 4 rings (SSSR count). The fourth-order valence-corrected chi connectivity index (χ4v) is 3.93. The molecule has 134 valence electrons. The van der Waals surface area contributed by atoms with E-state index in [4.69, 9.17) is 4.74 Å². The van der Waals surface area contributed by atoms with Crippen LogP contribution in [0.15, 0.2) is 48.5 Å². The lowest BCUT2D eigenvalue weighted by atomic mass is 9.73. The van der Waals surface area contributed by atoms with E-state index >= 15 is 0 Å². The molecule has 26 heavy (non-hydrogen) atoms. The number of ether oxygens (including phenoxy) is 1. The summed E-state index contributed by atoms with van der Waals surface area (Å²) in [4.78, 5) is 26.5. The average molecular weight is 353 g/mol. The molecule has 2 aromatic rings. The van der Waals surface area contributed by atoms with Crippen molar-refractivity contribution in [3.05, 3.63) is 59.7 Å². The number of carbonyl (C=O) groups excluding carboxylic acids is 1. The number of phenolic OH excluding ortho intramolecular Hbond substituents is 1. The molecule has 6 nitrogen and oxygen atoms in total. The van der Waals surface area contributed by atoms with Crippen LogP contribution >= 0.6 is 0 Å². The number of benzene rings is 2. The van der Waals surface area contributed by atoms with E-state index in [9.17, 15) is 19.8 Å². The Kier molecular flexibility index (Phi) is 3.83. The summed E-state index contributed by atoms with van der Waals surface area (Å²) in [6, 6.07) is 13.9. The summed E-state index contributed by atoms with van der Waals surface area (Å²) in [7, 11) is 0. The van der Waals surface area contributed by atoms with Gasteiger partial charge in [-0.15, -0.1) is 0 Å². The number of hydrogen-bond acceptors (Lipinski definition) is 4. The summed E-state index contributed by atoms with van der Waals surface area (Å²) in [6.07, 6.45) is 0.172. The zero-order chi connectivity index (χ0) is 18.3. The summed E-state index contributed by atoms with van der Waals surface area (Å²) < 4.78 is 5.71. The van der Waals surface area contributed by atoms with Crippen LogP contribution in [0.25, 0.3) is 0 Å². The van der Waals surface area contributed by atoms with Crippen LogP contribution in [0.3, 0.4) is 0 Å². The molecular weight excluding hydrogens is 334 g/mol. The third kappa shape index (κ3) is 2.58. The normalized spacial score (nSPS) is 23.7. The molecule has 2 aliphatic rings. The van der Waals surface area contributed by atoms with Crippen molar-refractivity contribution in [3.8, 4) is 11.5 Å². The number of carboxylic acid groups (broad SMARTS) is 1. The number of aromatic hydroxyl groups is 1. The first kappa shape index (κ1) is 16.4. The van der Waals surface area contributed by atoms with E-state index in [1.165, 1.54) is 12.1 Å². The highest BCUT2D eigenvalue weighted by Crippen LogP contribution is 2.49. The fraction of sp³-hybridized carbons (Fsp3) is 0.300. The van der Waals surface area contributed by atoms with Gasteiger partial charge in [-0.1, -0.05) is 30.3 Å². The highest BCUT2D eigenvalue weighted by molar-refractivity contribution is 5.84. The van der Waals surface area contributed by atoms with Crippen molar-refractivity contribution in [3.63, 3.8) is 0 Å². The molecule has 0 unspecified atom stereocenters. The Balaban J connectivity index is 1.60. The second-order valence-electron chi connectivity index (χ2n) is 6.96. The van der Waals surface area contributed by atoms with Crippen molar-refractivity contribution in [2.24, 2.45) is 5.41 Å². The van der Waals surface area contributed by atoms with Gasteiger partial charge in [-0.3, -0.25) is 9.59 Å². The van der Waals surface area contributed by atoms with Crippen LogP contribution in [0.4, 0.5) is 0 Å². The maximum atomic E-state index is 12.7. The second-order valence-corrected chi connectivity index (χ2v) is 6.96. The Labute approximate surface area is 150 Å². The van der Waals surface area contributed by atoms with Gasteiger partial charge in [-0.25, -0.2) is 0 Å². The topological polar surface area (TPSA) is 87.1 Å². The zero-order valence-corrected chi connectivity index (χ0v) is 14.1. The Morgan fingerprint density at radius 1 is 1.15 bits per heavy atom. The molecule has 1 fully saturated rings.